The number of aryl methyl sites for hydroxylation is 1. The van der Waals surface area contributed by atoms with E-state index in [4.69, 9.17) is 9.26 Å². The van der Waals surface area contributed by atoms with Crippen LogP contribution in [-0.2, 0) is 9.53 Å². The van der Waals surface area contributed by atoms with Crippen molar-refractivity contribution in [2.75, 3.05) is 11.9 Å². The molecule has 0 saturated carbocycles. The van der Waals surface area contributed by atoms with Gasteiger partial charge >= 0.3 is 5.97 Å². The predicted molar refractivity (Wildman–Crippen MR) is 81.9 cm³/mol. The number of ether oxygens (including phenoxy) is 1. The van der Waals surface area contributed by atoms with Gasteiger partial charge < -0.3 is 9.26 Å². The van der Waals surface area contributed by atoms with E-state index < -0.39 is 18.5 Å². The number of pyridine rings is 1. The number of carbonyl (C=O) groups is 2. The summed E-state index contributed by atoms with van der Waals surface area (Å²) in [5.41, 5.74) is 1.47. The number of hydrogen-bond acceptors (Lipinski definition) is 6. The van der Waals surface area contributed by atoms with E-state index in [0.29, 0.717) is 11.2 Å². The largest absolute Gasteiger partial charge is 0.451 e. The fourth-order valence-corrected chi connectivity index (χ4v) is 1.98. The van der Waals surface area contributed by atoms with Gasteiger partial charge in [0.25, 0.3) is 5.91 Å². The minimum absolute atomic E-state index is 0.145. The van der Waals surface area contributed by atoms with Crippen molar-refractivity contribution in [3.05, 3.63) is 53.9 Å². The van der Waals surface area contributed by atoms with Crippen molar-refractivity contribution in [1.29, 1.82) is 0 Å². The molecule has 0 saturated heterocycles. The van der Waals surface area contributed by atoms with Crippen LogP contribution in [0.2, 0.25) is 0 Å². The maximum absolute atomic E-state index is 11.9. The first-order valence-corrected chi connectivity index (χ1v) is 6.88. The first-order chi connectivity index (χ1) is 11.1. The lowest BCUT2D eigenvalue weighted by Gasteiger charge is -2.05. The Hall–Kier alpha value is -3.22. The second-order valence-electron chi connectivity index (χ2n) is 4.85. The number of esters is 1. The Balaban J connectivity index is 1.60. The highest BCUT2D eigenvalue weighted by Gasteiger charge is 2.13. The third kappa shape index (κ3) is 3.52. The molecule has 3 rings (SSSR count). The van der Waals surface area contributed by atoms with Gasteiger partial charge in [-0.3, -0.25) is 10.1 Å². The molecule has 7 heteroatoms. The molecule has 0 spiro atoms. The molecule has 7 nitrogen and oxygen atoms in total. The zero-order chi connectivity index (χ0) is 16.2. The first kappa shape index (κ1) is 14.7. The summed E-state index contributed by atoms with van der Waals surface area (Å²) in [7, 11) is 0. The van der Waals surface area contributed by atoms with Gasteiger partial charge in [-0.05, 0) is 19.1 Å². The molecule has 23 heavy (non-hydrogen) atoms. The van der Waals surface area contributed by atoms with Gasteiger partial charge in [0.2, 0.25) is 5.88 Å². The Morgan fingerprint density at radius 1 is 1.22 bits per heavy atom. The molecular formula is C16H13N3O4. The third-order valence-corrected chi connectivity index (χ3v) is 3.03. The minimum atomic E-state index is -0.667. The molecule has 0 aliphatic carbocycles. The molecule has 0 atom stereocenters. The maximum Gasteiger partial charge on any atom is 0.357 e. The highest BCUT2D eigenvalue weighted by atomic mass is 16.5. The number of benzene rings is 1. The van der Waals surface area contributed by atoms with Crippen molar-refractivity contribution in [3.8, 4) is 0 Å². The van der Waals surface area contributed by atoms with Crippen LogP contribution < -0.4 is 5.32 Å². The number of aromatic nitrogens is 2. The molecule has 116 valence electrons. The van der Waals surface area contributed by atoms with Crippen LogP contribution in [0.5, 0.6) is 0 Å². The van der Waals surface area contributed by atoms with Gasteiger partial charge in [-0.15, -0.1) is 0 Å². The molecule has 0 bridgehead atoms. The summed E-state index contributed by atoms with van der Waals surface area (Å²) in [5, 5.41) is 6.99. The van der Waals surface area contributed by atoms with Crippen molar-refractivity contribution >= 4 is 28.7 Å². The Kier molecular flexibility index (Phi) is 4.01. The van der Waals surface area contributed by atoms with E-state index in [1.54, 1.807) is 31.2 Å². The summed E-state index contributed by atoms with van der Waals surface area (Å²) in [6.45, 7) is 1.29. The van der Waals surface area contributed by atoms with Crippen LogP contribution in [0.15, 0.2) is 47.0 Å². The summed E-state index contributed by atoms with van der Waals surface area (Å²) < 4.78 is 9.78. The van der Waals surface area contributed by atoms with Gasteiger partial charge in [0.15, 0.2) is 6.61 Å². The Morgan fingerprint density at radius 2 is 2.04 bits per heavy atom. The number of anilines is 1. The van der Waals surface area contributed by atoms with E-state index >= 15 is 0 Å². The maximum atomic E-state index is 11.9. The van der Waals surface area contributed by atoms with Crippen molar-refractivity contribution in [3.63, 3.8) is 0 Å². The number of hydrogen-bond donors (Lipinski definition) is 1. The summed E-state index contributed by atoms with van der Waals surface area (Å²) in [6, 6.07) is 12.3. The minimum Gasteiger partial charge on any atom is -0.451 e. The normalized spacial score (nSPS) is 10.5. The fraction of sp³-hybridized carbons (Fsp3) is 0.125. The van der Waals surface area contributed by atoms with E-state index in [1.165, 1.54) is 0 Å². The molecule has 2 aromatic heterocycles. The zero-order valence-electron chi connectivity index (χ0n) is 12.3. The molecule has 1 aromatic carbocycles. The van der Waals surface area contributed by atoms with Crippen LogP contribution in [0.1, 0.15) is 16.2 Å². The second-order valence-corrected chi connectivity index (χ2v) is 4.85. The lowest BCUT2D eigenvalue weighted by molar-refractivity contribution is -0.119. The molecule has 3 aromatic rings. The quantitative estimate of drug-likeness (QED) is 0.743. The van der Waals surface area contributed by atoms with E-state index in [9.17, 15) is 9.59 Å². The molecule has 2 heterocycles. The van der Waals surface area contributed by atoms with E-state index in [0.717, 1.165) is 5.39 Å². The highest BCUT2D eigenvalue weighted by molar-refractivity contribution is 5.95. The smallest absolute Gasteiger partial charge is 0.357 e. The first-order valence-electron chi connectivity index (χ1n) is 6.88. The predicted octanol–water partition coefficient (Wildman–Crippen LogP) is 2.33. The van der Waals surface area contributed by atoms with Gasteiger partial charge in [-0.25, -0.2) is 9.78 Å². The van der Waals surface area contributed by atoms with Crippen LogP contribution in [0, 0.1) is 6.92 Å². The number of para-hydroxylation sites is 1. The number of carbonyl (C=O) groups excluding carboxylic acids is 2. The molecule has 0 fully saturated rings. The average molecular weight is 311 g/mol. The zero-order valence-corrected chi connectivity index (χ0v) is 12.3. The molecule has 0 aliphatic rings. The SMILES string of the molecule is Cc1cc(NC(=O)COC(=O)c2ccc3ccccc3n2)on1. The van der Waals surface area contributed by atoms with Crippen LogP contribution in [-0.4, -0.2) is 28.6 Å². The Bertz CT molecular complexity index is 872. The average Bonchev–Trinajstić information content (AvgIpc) is 2.97. The van der Waals surface area contributed by atoms with Crippen molar-refractivity contribution < 1.29 is 18.8 Å². The number of rotatable bonds is 4. The summed E-state index contributed by atoms with van der Waals surface area (Å²) >= 11 is 0. The summed E-state index contributed by atoms with van der Waals surface area (Å²) in [6.07, 6.45) is 0. The lowest BCUT2D eigenvalue weighted by atomic mass is 10.2. The van der Waals surface area contributed by atoms with Gasteiger partial charge in [-0.1, -0.05) is 29.4 Å². The van der Waals surface area contributed by atoms with Gasteiger partial charge in [0.05, 0.1) is 11.2 Å². The lowest BCUT2D eigenvalue weighted by Crippen LogP contribution is -2.21. The second kappa shape index (κ2) is 6.27. The Morgan fingerprint density at radius 3 is 2.83 bits per heavy atom. The van der Waals surface area contributed by atoms with Gasteiger partial charge in [0.1, 0.15) is 5.69 Å². The van der Waals surface area contributed by atoms with Crippen LogP contribution in [0.25, 0.3) is 10.9 Å². The van der Waals surface area contributed by atoms with Crippen LogP contribution in [0.4, 0.5) is 5.88 Å². The summed E-state index contributed by atoms with van der Waals surface area (Å²) in [5.74, 6) is -0.984. The van der Waals surface area contributed by atoms with Crippen molar-refractivity contribution in [2.24, 2.45) is 0 Å². The number of amides is 1. The monoisotopic (exact) mass is 311 g/mol. The molecule has 0 radical (unpaired) electrons. The molecule has 1 N–H and O–H groups in total. The molecular weight excluding hydrogens is 298 g/mol. The number of nitrogens with zero attached hydrogens (tertiary/aromatic N) is 2. The third-order valence-electron chi connectivity index (χ3n) is 3.03. The van der Waals surface area contributed by atoms with Crippen LogP contribution >= 0.6 is 0 Å². The molecule has 1 amide bonds. The van der Waals surface area contributed by atoms with E-state index in [-0.39, 0.29) is 11.6 Å². The molecule has 0 aliphatic heterocycles. The van der Waals surface area contributed by atoms with E-state index in [1.807, 2.05) is 18.2 Å². The standard InChI is InChI=1S/C16H13N3O4/c1-10-8-15(23-19-10)18-14(20)9-22-16(21)13-7-6-11-4-2-3-5-12(11)17-13/h2-8H,9H2,1H3,(H,18,20). The topological polar surface area (TPSA) is 94.3 Å². The van der Waals surface area contributed by atoms with Crippen molar-refractivity contribution in [2.45, 2.75) is 6.92 Å². The fourth-order valence-electron chi connectivity index (χ4n) is 1.98. The van der Waals surface area contributed by atoms with Gasteiger partial charge in [0, 0.05) is 11.5 Å². The van der Waals surface area contributed by atoms with E-state index in [2.05, 4.69) is 15.5 Å². The Labute approximate surface area is 131 Å². The van der Waals surface area contributed by atoms with Crippen molar-refractivity contribution in [1.82, 2.24) is 10.1 Å². The highest BCUT2D eigenvalue weighted by Crippen LogP contribution is 2.12. The number of nitrogens with one attached hydrogen (secondary N) is 1. The summed E-state index contributed by atoms with van der Waals surface area (Å²) in [4.78, 5) is 27.8. The molecule has 0 unspecified atom stereocenters. The van der Waals surface area contributed by atoms with Crippen LogP contribution in [0.3, 0.4) is 0 Å². The van der Waals surface area contributed by atoms with Gasteiger partial charge in [-0.2, -0.15) is 0 Å². The number of fused-ring (bicyclic) bond motifs is 1.